The number of rotatable bonds is 3. The molecule has 1 saturated heterocycles. The van der Waals surface area contributed by atoms with Gasteiger partial charge in [-0.3, -0.25) is 10.3 Å². The van der Waals surface area contributed by atoms with Crippen LogP contribution >= 0.6 is 0 Å². The first-order valence-electron chi connectivity index (χ1n) is 4.91. The van der Waals surface area contributed by atoms with Crippen molar-refractivity contribution in [3.8, 4) is 0 Å². The summed E-state index contributed by atoms with van der Waals surface area (Å²) >= 11 is 0. The van der Waals surface area contributed by atoms with Crippen LogP contribution in [0.25, 0.3) is 0 Å². The fourth-order valence-electron chi connectivity index (χ4n) is 1.64. The summed E-state index contributed by atoms with van der Waals surface area (Å²) < 4.78 is 13.1. The topological polar surface area (TPSA) is 37.0 Å². The molecule has 1 aromatic heterocycles. The lowest BCUT2D eigenvalue weighted by atomic mass is 10.2. The molecule has 0 aromatic carbocycles. The third kappa shape index (κ3) is 2.27. The molecule has 0 saturated carbocycles. The van der Waals surface area contributed by atoms with Crippen LogP contribution in [0.3, 0.4) is 0 Å². The van der Waals surface area contributed by atoms with Crippen molar-refractivity contribution in [2.75, 3.05) is 6.54 Å². The monoisotopic (exact) mass is 195 g/mol. The number of hydrogen-bond donors (Lipinski definition) is 2. The molecule has 1 aliphatic rings. The third-order valence-corrected chi connectivity index (χ3v) is 2.46. The van der Waals surface area contributed by atoms with Gasteiger partial charge in [-0.25, -0.2) is 4.39 Å². The summed E-state index contributed by atoms with van der Waals surface area (Å²) in [6.45, 7) is 1.61. The Bertz CT molecular complexity index is 297. The molecular formula is C10H14FN3. The second-order valence-electron chi connectivity index (χ2n) is 3.50. The predicted molar refractivity (Wildman–Crippen MR) is 52.1 cm³/mol. The van der Waals surface area contributed by atoms with Crippen LogP contribution in [0.2, 0.25) is 0 Å². The molecule has 1 unspecified atom stereocenters. The lowest BCUT2D eigenvalue weighted by molar-refractivity contribution is 0.472. The standard InChI is InChI=1S/C10H14FN3/c11-9-7-12-5-3-8(9)6-14-10-2-1-4-13-10/h3,5,7,10,13-14H,1-2,4,6H2. The van der Waals surface area contributed by atoms with Crippen molar-refractivity contribution in [2.24, 2.45) is 0 Å². The molecule has 2 heterocycles. The van der Waals surface area contributed by atoms with Crippen molar-refractivity contribution in [2.45, 2.75) is 25.6 Å². The second-order valence-corrected chi connectivity index (χ2v) is 3.50. The van der Waals surface area contributed by atoms with Gasteiger partial charge < -0.3 is 5.32 Å². The van der Waals surface area contributed by atoms with Crippen LogP contribution in [0.4, 0.5) is 4.39 Å². The summed E-state index contributed by atoms with van der Waals surface area (Å²) in [5.74, 6) is -0.238. The van der Waals surface area contributed by atoms with Gasteiger partial charge in [0.1, 0.15) is 5.82 Å². The largest absolute Gasteiger partial charge is 0.302 e. The molecule has 1 atom stereocenters. The molecule has 76 valence electrons. The van der Waals surface area contributed by atoms with Gasteiger partial charge in [0, 0.05) is 18.3 Å². The van der Waals surface area contributed by atoms with Crippen molar-refractivity contribution in [1.82, 2.24) is 15.6 Å². The van der Waals surface area contributed by atoms with Gasteiger partial charge in [0.15, 0.2) is 0 Å². The van der Waals surface area contributed by atoms with Crippen molar-refractivity contribution in [3.63, 3.8) is 0 Å². The predicted octanol–water partition coefficient (Wildman–Crippen LogP) is 1.02. The maximum atomic E-state index is 13.1. The molecule has 2 N–H and O–H groups in total. The summed E-state index contributed by atoms with van der Waals surface area (Å²) in [6.07, 6.45) is 5.51. The van der Waals surface area contributed by atoms with Crippen molar-refractivity contribution in [1.29, 1.82) is 0 Å². The molecule has 1 aromatic rings. The Morgan fingerprint density at radius 2 is 2.57 bits per heavy atom. The quantitative estimate of drug-likeness (QED) is 0.756. The zero-order chi connectivity index (χ0) is 9.80. The van der Waals surface area contributed by atoms with Crippen LogP contribution < -0.4 is 10.6 Å². The smallest absolute Gasteiger partial charge is 0.145 e. The Balaban J connectivity index is 1.88. The van der Waals surface area contributed by atoms with Gasteiger partial charge in [0.05, 0.1) is 12.4 Å². The summed E-state index contributed by atoms with van der Waals surface area (Å²) in [4.78, 5) is 3.71. The van der Waals surface area contributed by atoms with Crippen LogP contribution in [-0.2, 0) is 6.54 Å². The minimum absolute atomic E-state index is 0.238. The highest BCUT2D eigenvalue weighted by Gasteiger charge is 2.13. The summed E-state index contributed by atoms with van der Waals surface area (Å²) in [5, 5.41) is 6.56. The Morgan fingerprint density at radius 1 is 1.64 bits per heavy atom. The fourth-order valence-corrected chi connectivity index (χ4v) is 1.64. The van der Waals surface area contributed by atoms with E-state index in [0.717, 1.165) is 13.0 Å². The van der Waals surface area contributed by atoms with Crippen molar-refractivity contribution in [3.05, 3.63) is 29.8 Å². The Morgan fingerprint density at radius 3 is 3.29 bits per heavy atom. The van der Waals surface area contributed by atoms with E-state index in [0.29, 0.717) is 18.3 Å². The van der Waals surface area contributed by atoms with E-state index in [1.54, 1.807) is 12.3 Å². The van der Waals surface area contributed by atoms with E-state index in [1.807, 2.05) is 0 Å². The van der Waals surface area contributed by atoms with E-state index in [9.17, 15) is 4.39 Å². The first kappa shape index (κ1) is 9.55. The van der Waals surface area contributed by atoms with Gasteiger partial charge >= 0.3 is 0 Å². The zero-order valence-corrected chi connectivity index (χ0v) is 7.96. The Hall–Kier alpha value is -1.00. The van der Waals surface area contributed by atoms with Crippen LogP contribution in [0, 0.1) is 5.82 Å². The molecule has 0 aliphatic carbocycles. The molecular weight excluding hydrogens is 181 g/mol. The minimum Gasteiger partial charge on any atom is -0.302 e. The van der Waals surface area contributed by atoms with Gasteiger partial charge in [-0.1, -0.05) is 0 Å². The fraction of sp³-hybridized carbons (Fsp3) is 0.500. The SMILES string of the molecule is Fc1cnccc1CNC1CCCN1. The molecule has 0 spiro atoms. The maximum Gasteiger partial charge on any atom is 0.145 e. The number of nitrogens with one attached hydrogen (secondary N) is 2. The highest BCUT2D eigenvalue weighted by molar-refractivity contribution is 5.12. The molecule has 0 radical (unpaired) electrons. The van der Waals surface area contributed by atoms with E-state index in [1.165, 1.54) is 12.6 Å². The van der Waals surface area contributed by atoms with Gasteiger partial charge in [-0.15, -0.1) is 0 Å². The highest BCUT2D eigenvalue weighted by atomic mass is 19.1. The molecule has 0 amide bonds. The third-order valence-electron chi connectivity index (χ3n) is 2.46. The average molecular weight is 195 g/mol. The Labute approximate surface area is 82.7 Å². The van der Waals surface area contributed by atoms with E-state index in [4.69, 9.17) is 0 Å². The van der Waals surface area contributed by atoms with E-state index in [-0.39, 0.29) is 5.82 Å². The van der Waals surface area contributed by atoms with Crippen LogP contribution in [0.1, 0.15) is 18.4 Å². The minimum atomic E-state index is -0.238. The molecule has 2 rings (SSSR count). The van der Waals surface area contributed by atoms with Gasteiger partial charge in [-0.2, -0.15) is 0 Å². The summed E-state index contributed by atoms with van der Waals surface area (Å²) in [5.41, 5.74) is 0.675. The summed E-state index contributed by atoms with van der Waals surface area (Å²) in [7, 11) is 0. The average Bonchev–Trinajstić information content (AvgIpc) is 2.69. The number of aromatic nitrogens is 1. The normalized spacial score (nSPS) is 21.4. The van der Waals surface area contributed by atoms with Gasteiger partial charge in [-0.05, 0) is 25.5 Å². The lowest BCUT2D eigenvalue weighted by Crippen LogP contribution is -2.36. The maximum absolute atomic E-state index is 13.1. The first-order valence-corrected chi connectivity index (χ1v) is 4.91. The van der Waals surface area contributed by atoms with Gasteiger partial charge in [0.2, 0.25) is 0 Å². The van der Waals surface area contributed by atoms with E-state index in [2.05, 4.69) is 15.6 Å². The summed E-state index contributed by atoms with van der Waals surface area (Å²) in [6, 6.07) is 1.71. The molecule has 1 aliphatic heterocycles. The van der Waals surface area contributed by atoms with Crippen LogP contribution in [-0.4, -0.2) is 17.7 Å². The zero-order valence-electron chi connectivity index (χ0n) is 7.96. The highest BCUT2D eigenvalue weighted by Crippen LogP contribution is 2.06. The lowest BCUT2D eigenvalue weighted by Gasteiger charge is -2.12. The van der Waals surface area contributed by atoms with Crippen molar-refractivity contribution >= 4 is 0 Å². The van der Waals surface area contributed by atoms with Crippen LogP contribution in [0.5, 0.6) is 0 Å². The Kier molecular flexibility index (Phi) is 3.06. The van der Waals surface area contributed by atoms with E-state index >= 15 is 0 Å². The molecule has 0 bridgehead atoms. The number of hydrogen-bond acceptors (Lipinski definition) is 3. The molecule has 3 nitrogen and oxygen atoms in total. The molecule has 14 heavy (non-hydrogen) atoms. The second kappa shape index (κ2) is 4.48. The first-order chi connectivity index (χ1) is 6.86. The number of nitrogens with zero attached hydrogens (tertiary/aromatic N) is 1. The molecule has 4 heteroatoms. The van der Waals surface area contributed by atoms with E-state index < -0.39 is 0 Å². The van der Waals surface area contributed by atoms with Crippen molar-refractivity contribution < 1.29 is 4.39 Å². The number of halogens is 1. The number of pyridine rings is 1. The molecule has 1 fully saturated rings. The van der Waals surface area contributed by atoms with Crippen LogP contribution in [0.15, 0.2) is 18.5 Å². The van der Waals surface area contributed by atoms with Gasteiger partial charge in [0.25, 0.3) is 0 Å².